The van der Waals surface area contributed by atoms with Gasteiger partial charge in [-0.3, -0.25) is 9.59 Å². The van der Waals surface area contributed by atoms with E-state index in [1.807, 2.05) is 0 Å². The van der Waals surface area contributed by atoms with E-state index in [0.717, 1.165) is 0 Å². The van der Waals surface area contributed by atoms with Crippen molar-refractivity contribution >= 4 is 27.5 Å². The molecule has 0 fully saturated rings. The molecule has 2 amide bonds. The summed E-state index contributed by atoms with van der Waals surface area (Å²) < 4.78 is 26.2. The van der Waals surface area contributed by atoms with Crippen LogP contribution in [0.5, 0.6) is 0 Å². The van der Waals surface area contributed by atoms with Crippen molar-refractivity contribution in [1.82, 2.24) is 4.72 Å². The van der Waals surface area contributed by atoms with Crippen molar-refractivity contribution in [3.8, 4) is 0 Å². The molecule has 120 valence electrons. The summed E-state index contributed by atoms with van der Waals surface area (Å²) in [5, 5.41) is 2.45. The molecule has 0 aliphatic rings. The zero-order chi connectivity index (χ0) is 16.9. The third-order valence-electron chi connectivity index (χ3n) is 2.94. The van der Waals surface area contributed by atoms with Gasteiger partial charge in [0.05, 0.1) is 22.7 Å². The molecule has 0 aromatic heterocycles. The summed E-state index contributed by atoms with van der Waals surface area (Å²) >= 11 is 0. The summed E-state index contributed by atoms with van der Waals surface area (Å²) in [5.41, 5.74) is 5.58. The second kappa shape index (κ2) is 7.03. The lowest BCUT2D eigenvalue weighted by Crippen LogP contribution is -2.33. The Hall–Kier alpha value is -2.71. The van der Waals surface area contributed by atoms with Crippen LogP contribution in [0.2, 0.25) is 0 Å². The van der Waals surface area contributed by atoms with Crippen LogP contribution in [-0.4, -0.2) is 26.8 Å². The third-order valence-corrected chi connectivity index (χ3v) is 4.36. The first kappa shape index (κ1) is 16.7. The summed E-state index contributed by atoms with van der Waals surface area (Å²) in [5.74, 6) is -1.30. The molecule has 2 rings (SSSR count). The fourth-order valence-corrected chi connectivity index (χ4v) is 2.85. The van der Waals surface area contributed by atoms with Crippen molar-refractivity contribution in [1.29, 1.82) is 0 Å². The number of sulfonamides is 1. The number of benzene rings is 2. The molecule has 4 N–H and O–H groups in total. The first-order valence-corrected chi connectivity index (χ1v) is 8.12. The van der Waals surface area contributed by atoms with Crippen LogP contribution in [-0.2, 0) is 14.8 Å². The van der Waals surface area contributed by atoms with Gasteiger partial charge in [-0.15, -0.1) is 0 Å². The van der Waals surface area contributed by atoms with Gasteiger partial charge in [-0.1, -0.05) is 30.3 Å². The van der Waals surface area contributed by atoms with Gasteiger partial charge >= 0.3 is 0 Å². The minimum atomic E-state index is -3.78. The number of hydrogen-bond donors (Lipinski definition) is 3. The van der Waals surface area contributed by atoms with Crippen LogP contribution in [0.1, 0.15) is 10.4 Å². The molecule has 0 heterocycles. The van der Waals surface area contributed by atoms with E-state index in [-0.39, 0.29) is 16.1 Å². The Morgan fingerprint density at radius 3 is 2.22 bits per heavy atom. The normalized spacial score (nSPS) is 11.0. The fourth-order valence-electron chi connectivity index (χ4n) is 1.84. The van der Waals surface area contributed by atoms with Gasteiger partial charge in [0.1, 0.15) is 0 Å². The SMILES string of the molecule is NC(=O)c1ccccc1NC(=O)CNS(=O)(=O)c1ccccc1. The topological polar surface area (TPSA) is 118 Å². The number of amides is 2. The average molecular weight is 333 g/mol. The van der Waals surface area contributed by atoms with Crippen LogP contribution in [0.25, 0.3) is 0 Å². The Morgan fingerprint density at radius 1 is 0.957 bits per heavy atom. The average Bonchev–Trinajstić information content (AvgIpc) is 2.54. The predicted molar refractivity (Wildman–Crippen MR) is 85.2 cm³/mol. The highest BCUT2D eigenvalue weighted by molar-refractivity contribution is 7.89. The zero-order valence-electron chi connectivity index (χ0n) is 12.0. The molecule has 0 aliphatic heterocycles. The van der Waals surface area contributed by atoms with E-state index < -0.39 is 28.4 Å². The van der Waals surface area contributed by atoms with E-state index in [1.54, 1.807) is 30.3 Å². The first-order valence-electron chi connectivity index (χ1n) is 6.63. The highest BCUT2D eigenvalue weighted by Crippen LogP contribution is 2.14. The van der Waals surface area contributed by atoms with Gasteiger partial charge in [-0.05, 0) is 24.3 Å². The van der Waals surface area contributed by atoms with Crippen LogP contribution >= 0.6 is 0 Å². The standard InChI is InChI=1S/C15H15N3O4S/c16-15(20)12-8-4-5-9-13(12)18-14(19)10-17-23(21,22)11-6-2-1-3-7-11/h1-9,17H,10H2,(H2,16,20)(H,18,19). The number of rotatable bonds is 6. The lowest BCUT2D eigenvalue weighted by Gasteiger charge is -2.10. The van der Waals surface area contributed by atoms with E-state index >= 15 is 0 Å². The predicted octanol–water partition coefficient (Wildman–Crippen LogP) is 0.702. The Bertz CT molecular complexity index is 820. The van der Waals surface area contributed by atoms with E-state index in [2.05, 4.69) is 10.0 Å². The van der Waals surface area contributed by atoms with Gasteiger partial charge in [0.25, 0.3) is 5.91 Å². The maximum absolute atomic E-state index is 12.0. The Labute approximate surface area is 133 Å². The van der Waals surface area contributed by atoms with Gasteiger partial charge in [-0.2, -0.15) is 0 Å². The highest BCUT2D eigenvalue weighted by atomic mass is 32.2. The number of nitrogens with one attached hydrogen (secondary N) is 2. The summed E-state index contributed by atoms with van der Waals surface area (Å²) in [7, 11) is -3.78. The lowest BCUT2D eigenvalue weighted by molar-refractivity contribution is -0.115. The number of carbonyl (C=O) groups excluding carboxylic acids is 2. The molecular weight excluding hydrogens is 318 g/mol. The quantitative estimate of drug-likeness (QED) is 0.721. The number of para-hydroxylation sites is 1. The monoisotopic (exact) mass is 333 g/mol. The van der Waals surface area contributed by atoms with Crippen molar-refractivity contribution in [2.75, 3.05) is 11.9 Å². The molecule has 0 radical (unpaired) electrons. The van der Waals surface area contributed by atoms with Crippen LogP contribution in [0.3, 0.4) is 0 Å². The van der Waals surface area contributed by atoms with Gasteiger partial charge in [0.15, 0.2) is 0 Å². The number of primary amides is 1. The van der Waals surface area contributed by atoms with Crippen molar-refractivity contribution in [2.24, 2.45) is 5.73 Å². The van der Waals surface area contributed by atoms with Crippen molar-refractivity contribution in [3.05, 3.63) is 60.2 Å². The Kier molecular flexibility index (Phi) is 5.09. The molecule has 2 aromatic rings. The minimum absolute atomic E-state index is 0.0605. The Balaban J connectivity index is 2.03. The molecule has 0 saturated heterocycles. The van der Waals surface area contributed by atoms with Crippen molar-refractivity contribution in [2.45, 2.75) is 4.90 Å². The third kappa shape index (κ3) is 4.38. The van der Waals surface area contributed by atoms with Crippen LogP contribution in [0.15, 0.2) is 59.5 Å². The largest absolute Gasteiger partial charge is 0.366 e. The molecule has 23 heavy (non-hydrogen) atoms. The molecule has 0 bridgehead atoms. The smallest absolute Gasteiger partial charge is 0.250 e. The minimum Gasteiger partial charge on any atom is -0.366 e. The van der Waals surface area contributed by atoms with Gasteiger partial charge in [-0.25, -0.2) is 13.1 Å². The van der Waals surface area contributed by atoms with E-state index in [9.17, 15) is 18.0 Å². The zero-order valence-corrected chi connectivity index (χ0v) is 12.8. The molecule has 0 unspecified atom stereocenters. The molecule has 0 aliphatic carbocycles. The number of carbonyl (C=O) groups is 2. The molecule has 0 spiro atoms. The van der Waals surface area contributed by atoms with Gasteiger partial charge in [0, 0.05) is 0 Å². The number of anilines is 1. The van der Waals surface area contributed by atoms with E-state index in [0.29, 0.717) is 0 Å². The second-order valence-electron chi connectivity index (χ2n) is 4.60. The molecule has 0 atom stereocenters. The van der Waals surface area contributed by atoms with E-state index in [1.165, 1.54) is 24.3 Å². The Morgan fingerprint density at radius 2 is 1.57 bits per heavy atom. The summed E-state index contributed by atoms with van der Waals surface area (Å²) in [4.78, 5) is 23.2. The summed E-state index contributed by atoms with van der Waals surface area (Å²) in [6, 6.07) is 13.9. The molecular formula is C15H15N3O4S. The molecule has 0 saturated carbocycles. The fraction of sp³-hybridized carbons (Fsp3) is 0.0667. The van der Waals surface area contributed by atoms with Gasteiger partial charge < -0.3 is 11.1 Å². The first-order chi connectivity index (χ1) is 10.9. The summed E-state index contributed by atoms with van der Waals surface area (Å²) in [6.07, 6.45) is 0. The molecule has 2 aromatic carbocycles. The maximum atomic E-state index is 12.0. The molecule has 7 nitrogen and oxygen atoms in total. The van der Waals surface area contributed by atoms with Crippen LogP contribution in [0, 0.1) is 0 Å². The maximum Gasteiger partial charge on any atom is 0.250 e. The van der Waals surface area contributed by atoms with Crippen molar-refractivity contribution < 1.29 is 18.0 Å². The highest BCUT2D eigenvalue weighted by Gasteiger charge is 2.16. The van der Waals surface area contributed by atoms with Crippen molar-refractivity contribution in [3.63, 3.8) is 0 Å². The second-order valence-corrected chi connectivity index (χ2v) is 6.36. The van der Waals surface area contributed by atoms with Gasteiger partial charge in [0.2, 0.25) is 15.9 Å². The lowest BCUT2D eigenvalue weighted by atomic mass is 10.1. The van der Waals surface area contributed by atoms with Crippen LogP contribution in [0.4, 0.5) is 5.69 Å². The van der Waals surface area contributed by atoms with E-state index in [4.69, 9.17) is 5.73 Å². The van der Waals surface area contributed by atoms with Crippen LogP contribution < -0.4 is 15.8 Å². The number of nitrogens with two attached hydrogens (primary N) is 1. The summed E-state index contributed by atoms with van der Waals surface area (Å²) in [6.45, 7) is -0.468. The number of hydrogen-bond acceptors (Lipinski definition) is 4. The molecule has 8 heteroatoms.